The molecule has 0 fully saturated rings. The monoisotopic (exact) mass is 288 g/mol. The van der Waals surface area contributed by atoms with Crippen LogP contribution in [0.5, 0.6) is 5.75 Å². The van der Waals surface area contributed by atoms with Crippen molar-refractivity contribution in [2.45, 2.75) is 32.7 Å². The first kappa shape index (κ1) is 17.7. The maximum atomic E-state index is 10.9. The van der Waals surface area contributed by atoms with Crippen LogP contribution in [0, 0.1) is 16.0 Å². The van der Waals surface area contributed by atoms with Gasteiger partial charge in [-0.25, -0.2) is 0 Å². The Morgan fingerprint density at radius 3 is 2.47 bits per heavy atom. The number of halogens is 1. The predicted molar refractivity (Wildman–Crippen MR) is 77.9 cm³/mol. The molecule has 108 valence electrons. The van der Waals surface area contributed by atoms with Crippen LogP contribution in [0.4, 0.5) is 5.69 Å². The van der Waals surface area contributed by atoms with E-state index in [0.717, 1.165) is 18.4 Å². The minimum Gasteiger partial charge on any atom is -0.490 e. The van der Waals surface area contributed by atoms with Crippen LogP contribution in [0.3, 0.4) is 0 Å². The second-order valence-corrected chi connectivity index (χ2v) is 4.77. The van der Waals surface area contributed by atoms with Crippen LogP contribution in [-0.2, 0) is 0 Å². The third-order valence-corrected chi connectivity index (χ3v) is 2.88. The number of methoxy groups -OCH3 is 1. The van der Waals surface area contributed by atoms with Crippen LogP contribution in [0.2, 0.25) is 0 Å². The van der Waals surface area contributed by atoms with Gasteiger partial charge in [0, 0.05) is 12.1 Å². The maximum Gasteiger partial charge on any atom is 0.311 e. The van der Waals surface area contributed by atoms with Gasteiger partial charge >= 0.3 is 5.69 Å². The van der Waals surface area contributed by atoms with Crippen molar-refractivity contribution in [3.63, 3.8) is 0 Å². The second-order valence-electron chi connectivity index (χ2n) is 4.77. The van der Waals surface area contributed by atoms with E-state index in [0.29, 0.717) is 5.92 Å². The summed E-state index contributed by atoms with van der Waals surface area (Å²) in [5, 5.41) is 10.9. The summed E-state index contributed by atoms with van der Waals surface area (Å²) < 4.78 is 4.96. The summed E-state index contributed by atoms with van der Waals surface area (Å²) in [4.78, 5) is 10.5. The molecule has 0 aliphatic heterocycles. The summed E-state index contributed by atoms with van der Waals surface area (Å²) in [6.45, 7) is 4.26. The molecule has 6 heteroatoms. The first-order chi connectivity index (χ1) is 8.45. The smallest absolute Gasteiger partial charge is 0.311 e. The van der Waals surface area contributed by atoms with E-state index >= 15 is 0 Å². The number of nitro groups is 1. The largest absolute Gasteiger partial charge is 0.490 e. The standard InChI is InChI=1S/C13H20N2O3.ClH/c1-9(2)4-6-11(14)10-5-7-13(18-3)12(8-10)15(16)17;/h5,7-9,11H,4,6,14H2,1-3H3;1H/t11-;/m1./s1. The first-order valence-corrected chi connectivity index (χ1v) is 6.03. The van der Waals surface area contributed by atoms with Gasteiger partial charge in [0.15, 0.2) is 5.75 Å². The van der Waals surface area contributed by atoms with E-state index in [1.165, 1.54) is 13.2 Å². The Kier molecular flexibility index (Phi) is 7.41. The average Bonchev–Trinajstić information content (AvgIpc) is 2.34. The molecule has 0 saturated carbocycles. The van der Waals surface area contributed by atoms with E-state index in [4.69, 9.17) is 10.5 Å². The van der Waals surface area contributed by atoms with Gasteiger partial charge in [-0.1, -0.05) is 19.9 Å². The van der Waals surface area contributed by atoms with Crippen molar-refractivity contribution < 1.29 is 9.66 Å². The number of hydrogen-bond donors (Lipinski definition) is 1. The fourth-order valence-corrected chi connectivity index (χ4v) is 1.76. The Morgan fingerprint density at radius 1 is 1.37 bits per heavy atom. The van der Waals surface area contributed by atoms with E-state index in [2.05, 4.69) is 13.8 Å². The molecule has 0 bridgehead atoms. The molecule has 0 spiro atoms. The molecule has 1 rings (SSSR count). The summed E-state index contributed by atoms with van der Waals surface area (Å²) in [6.07, 6.45) is 1.82. The van der Waals surface area contributed by atoms with E-state index in [1.807, 2.05) is 0 Å². The number of benzene rings is 1. The lowest BCUT2D eigenvalue weighted by atomic mass is 9.98. The quantitative estimate of drug-likeness (QED) is 0.642. The van der Waals surface area contributed by atoms with Crippen LogP contribution in [0.15, 0.2) is 18.2 Å². The minimum absolute atomic E-state index is 0. The molecule has 1 aromatic carbocycles. The maximum absolute atomic E-state index is 10.9. The van der Waals surface area contributed by atoms with Crippen molar-refractivity contribution in [2.24, 2.45) is 11.7 Å². The Labute approximate surface area is 119 Å². The molecule has 5 nitrogen and oxygen atoms in total. The molecule has 0 heterocycles. The van der Waals surface area contributed by atoms with Crippen LogP contribution < -0.4 is 10.5 Å². The third kappa shape index (κ3) is 5.04. The molecule has 0 aliphatic rings. The first-order valence-electron chi connectivity index (χ1n) is 6.03. The number of hydrogen-bond acceptors (Lipinski definition) is 4. The molecule has 0 unspecified atom stereocenters. The topological polar surface area (TPSA) is 78.4 Å². The van der Waals surface area contributed by atoms with Crippen LogP contribution in [0.1, 0.15) is 38.3 Å². The highest BCUT2D eigenvalue weighted by Gasteiger charge is 2.17. The molecule has 0 aromatic heterocycles. The van der Waals surface area contributed by atoms with E-state index < -0.39 is 4.92 Å². The highest BCUT2D eigenvalue weighted by Crippen LogP contribution is 2.30. The number of nitrogens with two attached hydrogens (primary N) is 1. The van der Waals surface area contributed by atoms with Gasteiger partial charge in [-0.05, 0) is 30.4 Å². The van der Waals surface area contributed by atoms with Gasteiger partial charge in [0.05, 0.1) is 12.0 Å². The molecule has 19 heavy (non-hydrogen) atoms. The summed E-state index contributed by atoms with van der Waals surface area (Å²) in [7, 11) is 1.42. The van der Waals surface area contributed by atoms with Crippen molar-refractivity contribution in [3.8, 4) is 5.75 Å². The summed E-state index contributed by atoms with van der Waals surface area (Å²) >= 11 is 0. The van der Waals surface area contributed by atoms with E-state index in [-0.39, 0.29) is 29.9 Å². The summed E-state index contributed by atoms with van der Waals surface area (Å²) in [5.41, 5.74) is 6.79. The zero-order chi connectivity index (χ0) is 13.7. The number of nitro benzene ring substituents is 1. The zero-order valence-electron chi connectivity index (χ0n) is 11.5. The van der Waals surface area contributed by atoms with Crippen LogP contribution in [-0.4, -0.2) is 12.0 Å². The predicted octanol–water partition coefficient (Wildman–Crippen LogP) is 3.46. The van der Waals surface area contributed by atoms with Gasteiger partial charge in [-0.2, -0.15) is 0 Å². The molecule has 0 radical (unpaired) electrons. The Hall–Kier alpha value is -1.33. The highest BCUT2D eigenvalue weighted by molar-refractivity contribution is 5.85. The van der Waals surface area contributed by atoms with Crippen molar-refractivity contribution in [1.29, 1.82) is 0 Å². The molecule has 0 saturated heterocycles. The Bertz CT molecular complexity index is 424. The normalized spacial score (nSPS) is 11.8. The number of nitrogens with zero attached hydrogens (tertiary/aromatic N) is 1. The van der Waals surface area contributed by atoms with E-state index in [9.17, 15) is 10.1 Å². The van der Waals surface area contributed by atoms with Gasteiger partial charge < -0.3 is 10.5 Å². The highest BCUT2D eigenvalue weighted by atomic mass is 35.5. The van der Waals surface area contributed by atoms with E-state index in [1.54, 1.807) is 12.1 Å². The average molecular weight is 289 g/mol. The van der Waals surface area contributed by atoms with Gasteiger partial charge in [-0.3, -0.25) is 10.1 Å². The second kappa shape index (κ2) is 7.96. The molecule has 0 amide bonds. The molecule has 2 N–H and O–H groups in total. The molecular weight excluding hydrogens is 268 g/mol. The molecule has 0 aliphatic carbocycles. The van der Waals surface area contributed by atoms with Gasteiger partial charge in [0.1, 0.15) is 0 Å². The number of rotatable bonds is 6. The lowest BCUT2D eigenvalue weighted by Crippen LogP contribution is -2.11. The fourth-order valence-electron chi connectivity index (χ4n) is 1.76. The lowest BCUT2D eigenvalue weighted by molar-refractivity contribution is -0.385. The molecule has 1 aromatic rings. The van der Waals surface area contributed by atoms with Crippen LogP contribution >= 0.6 is 12.4 Å². The SMILES string of the molecule is COc1ccc([C@H](N)CCC(C)C)cc1[N+](=O)[O-].Cl. The fraction of sp³-hybridized carbons (Fsp3) is 0.538. The molecular formula is C13H21ClN2O3. The Balaban J connectivity index is 0.00000324. The third-order valence-electron chi connectivity index (χ3n) is 2.88. The minimum atomic E-state index is -0.447. The van der Waals surface area contributed by atoms with Gasteiger partial charge in [0.2, 0.25) is 0 Å². The lowest BCUT2D eigenvalue weighted by Gasteiger charge is -2.14. The summed E-state index contributed by atoms with van der Waals surface area (Å²) in [6, 6.07) is 4.72. The molecule has 1 atom stereocenters. The Morgan fingerprint density at radius 2 is 2.00 bits per heavy atom. The van der Waals surface area contributed by atoms with Gasteiger partial charge in [-0.15, -0.1) is 12.4 Å². The summed E-state index contributed by atoms with van der Waals surface area (Å²) in [5.74, 6) is 0.837. The van der Waals surface area contributed by atoms with Crippen molar-refractivity contribution in [3.05, 3.63) is 33.9 Å². The zero-order valence-corrected chi connectivity index (χ0v) is 12.3. The van der Waals surface area contributed by atoms with Crippen LogP contribution in [0.25, 0.3) is 0 Å². The van der Waals surface area contributed by atoms with Crippen molar-refractivity contribution in [2.75, 3.05) is 7.11 Å². The van der Waals surface area contributed by atoms with Crippen molar-refractivity contribution in [1.82, 2.24) is 0 Å². The number of ether oxygens (including phenoxy) is 1. The van der Waals surface area contributed by atoms with Crippen molar-refractivity contribution >= 4 is 18.1 Å². The van der Waals surface area contributed by atoms with Gasteiger partial charge in [0.25, 0.3) is 0 Å².